The fourth-order valence-corrected chi connectivity index (χ4v) is 1.50. The van der Waals surface area contributed by atoms with Crippen LogP contribution in [0.1, 0.15) is 11.1 Å². The molecule has 0 spiro atoms. The van der Waals surface area contributed by atoms with Gasteiger partial charge in [-0.2, -0.15) is 0 Å². The summed E-state index contributed by atoms with van der Waals surface area (Å²) in [5.41, 5.74) is 8.07. The van der Waals surface area contributed by atoms with Gasteiger partial charge in [0.1, 0.15) is 6.61 Å². The van der Waals surface area contributed by atoms with Gasteiger partial charge in [-0.3, -0.25) is 9.78 Å². The third-order valence-electron chi connectivity index (χ3n) is 2.48. The number of aromatic nitrogens is 1. The molecule has 0 aliphatic heterocycles. The number of carbonyl (C=O) groups excluding carboxylic acids is 1. The molecule has 0 unspecified atom stereocenters. The number of carbonyl (C=O) groups is 1. The molecule has 4 heteroatoms. The summed E-state index contributed by atoms with van der Waals surface area (Å²) in [5.74, 6) is -0.253. The maximum Gasteiger partial charge on any atom is 0.310 e. The zero-order valence-corrected chi connectivity index (χ0v) is 9.87. The Kier molecular flexibility index (Phi) is 3.91. The van der Waals surface area contributed by atoms with Crippen molar-refractivity contribution in [3.05, 3.63) is 59.9 Å². The Morgan fingerprint density at radius 2 is 1.72 bits per heavy atom. The van der Waals surface area contributed by atoms with E-state index in [1.807, 2.05) is 24.3 Å². The van der Waals surface area contributed by atoms with Gasteiger partial charge in [0.05, 0.1) is 6.42 Å². The van der Waals surface area contributed by atoms with E-state index in [1.54, 1.807) is 24.5 Å². The molecule has 92 valence electrons. The minimum absolute atomic E-state index is 0.253. The summed E-state index contributed by atoms with van der Waals surface area (Å²) in [6.45, 7) is 0.274. The SMILES string of the molecule is Nc1ccc(CC(=O)OCc2ccncc2)cc1. The molecule has 0 saturated carbocycles. The highest BCUT2D eigenvalue weighted by Crippen LogP contribution is 2.07. The zero-order valence-electron chi connectivity index (χ0n) is 9.87. The Balaban J connectivity index is 1.84. The van der Waals surface area contributed by atoms with Crippen LogP contribution in [0.2, 0.25) is 0 Å². The summed E-state index contributed by atoms with van der Waals surface area (Å²) >= 11 is 0. The molecule has 1 heterocycles. The summed E-state index contributed by atoms with van der Waals surface area (Å²) in [4.78, 5) is 15.5. The van der Waals surface area contributed by atoms with E-state index in [-0.39, 0.29) is 19.0 Å². The van der Waals surface area contributed by atoms with Gasteiger partial charge >= 0.3 is 5.97 Å². The van der Waals surface area contributed by atoms with E-state index in [0.717, 1.165) is 11.1 Å². The number of hydrogen-bond acceptors (Lipinski definition) is 4. The van der Waals surface area contributed by atoms with E-state index >= 15 is 0 Å². The number of nitrogen functional groups attached to an aromatic ring is 1. The molecule has 2 aromatic rings. The van der Waals surface area contributed by atoms with Crippen LogP contribution in [0.5, 0.6) is 0 Å². The monoisotopic (exact) mass is 242 g/mol. The maximum atomic E-state index is 11.6. The van der Waals surface area contributed by atoms with E-state index in [9.17, 15) is 4.79 Å². The van der Waals surface area contributed by atoms with Crippen LogP contribution in [0.15, 0.2) is 48.8 Å². The molecule has 1 aromatic heterocycles. The zero-order chi connectivity index (χ0) is 12.8. The van der Waals surface area contributed by atoms with Crippen molar-refractivity contribution < 1.29 is 9.53 Å². The predicted molar refractivity (Wildman–Crippen MR) is 68.6 cm³/mol. The van der Waals surface area contributed by atoms with Gasteiger partial charge in [0, 0.05) is 18.1 Å². The quantitative estimate of drug-likeness (QED) is 0.657. The molecule has 0 atom stereocenters. The van der Waals surface area contributed by atoms with Gasteiger partial charge in [-0.25, -0.2) is 0 Å². The minimum atomic E-state index is -0.253. The summed E-state index contributed by atoms with van der Waals surface area (Å²) in [7, 11) is 0. The Morgan fingerprint density at radius 1 is 1.06 bits per heavy atom. The molecule has 2 N–H and O–H groups in total. The van der Waals surface area contributed by atoms with Crippen LogP contribution >= 0.6 is 0 Å². The van der Waals surface area contributed by atoms with Crippen LogP contribution in [-0.4, -0.2) is 11.0 Å². The Morgan fingerprint density at radius 3 is 2.39 bits per heavy atom. The lowest BCUT2D eigenvalue weighted by molar-refractivity contribution is -0.144. The van der Waals surface area contributed by atoms with Gasteiger partial charge in [-0.05, 0) is 35.4 Å². The number of hydrogen-bond donors (Lipinski definition) is 1. The molecule has 1 aromatic carbocycles. The van der Waals surface area contributed by atoms with Crippen molar-refractivity contribution in [1.29, 1.82) is 0 Å². The number of pyridine rings is 1. The molecular formula is C14H14N2O2. The molecule has 2 rings (SSSR count). The average molecular weight is 242 g/mol. The van der Waals surface area contributed by atoms with E-state index in [0.29, 0.717) is 5.69 Å². The van der Waals surface area contributed by atoms with Crippen LogP contribution in [0, 0.1) is 0 Å². The molecule has 0 fully saturated rings. The molecule has 0 aliphatic carbocycles. The minimum Gasteiger partial charge on any atom is -0.461 e. The topological polar surface area (TPSA) is 65.2 Å². The van der Waals surface area contributed by atoms with E-state index in [4.69, 9.17) is 10.5 Å². The molecule has 0 radical (unpaired) electrons. The summed E-state index contributed by atoms with van der Waals surface area (Å²) < 4.78 is 5.16. The lowest BCUT2D eigenvalue weighted by atomic mass is 10.1. The second-order valence-corrected chi connectivity index (χ2v) is 3.93. The highest BCUT2D eigenvalue weighted by Gasteiger charge is 2.05. The van der Waals surface area contributed by atoms with Crippen LogP contribution in [0.4, 0.5) is 5.69 Å². The van der Waals surface area contributed by atoms with Crippen molar-refractivity contribution >= 4 is 11.7 Å². The van der Waals surface area contributed by atoms with Crippen molar-refractivity contribution in [2.75, 3.05) is 5.73 Å². The van der Waals surface area contributed by atoms with Gasteiger partial charge in [0.25, 0.3) is 0 Å². The summed E-state index contributed by atoms with van der Waals surface area (Å²) in [5, 5.41) is 0. The molecular weight excluding hydrogens is 228 g/mol. The second-order valence-electron chi connectivity index (χ2n) is 3.93. The summed E-state index contributed by atoms with van der Waals surface area (Å²) in [6, 6.07) is 10.8. The largest absolute Gasteiger partial charge is 0.461 e. The van der Waals surface area contributed by atoms with Gasteiger partial charge in [0.15, 0.2) is 0 Å². The molecule has 4 nitrogen and oxygen atoms in total. The van der Waals surface area contributed by atoms with Gasteiger partial charge in [-0.15, -0.1) is 0 Å². The molecule has 0 amide bonds. The van der Waals surface area contributed by atoms with Gasteiger partial charge in [0.2, 0.25) is 0 Å². The first-order chi connectivity index (χ1) is 8.74. The first-order valence-corrected chi connectivity index (χ1v) is 5.63. The Bertz CT molecular complexity index is 509. The van der Waals surface area contributed by atoms with E-state index in [2.05, 4.69) is 4.98 Å². The van der Waals surface area contributed by atoms with Gasteiger partial charge < -0.3 is 10.5 Å². The second kappa shape index (κ2) is 5.82. The third-order valence-corrected chi connectivity index (χ3v) is 2.48. The predicted octanol–water partition coefficient (Wildman–Crippen LogP) is 1.95. The highest BCUT2D eigenvalue weighted by molar-refractivity contribution is 5.72. The summed E-state index contributed by atoms with van der Waals surface area (Å²) in [6.07, 6.45) is 3.59. The Labute approximate surface area is 105 Å². The van der Waals surface area contributed by atoms with Crippen molar-refractivity contribution in [3.8, 4) is 0 Å². The normalized spacial score (nSPS) is 10.0. The molecule has 0 bridgehead atoms. The number of anilines is 1. The Hall–Kier alpha value is -2.36. The lowest BCUT2D eigenvalue weighted by Crippen LogP contribution is -2.08. The maximum absolute atomic E-state index is 11.6. The van der Waals surface area contributed by atoms with Crippen molar-refractivity contribution in [1.82, 2.24) is 4.98 Å². The lowest BCUT2D eigenvalue weighted by Gasteiger charge is -2.05. The number of rotatable bonds is 4. The van der Waals surface area contributed by atoms with Crippen LogP contribution in [0.25, 0.3) is 0 Å². The fraction of sp³-hybridized carbons (Fsp3) is 0.143. The number of esters is 1. The number of nitrogens with two attached hydrogens (primary N) is 1. The molecule has 0 saturated heterocycles. The van der Waals surface area contributed by atoms with Crippen molar-refractivity contribution in [2.45, 2.75) is 13.0 Å². The number of nitrogens with zero attached hydrogens (tertiary/aromatic N) is 1. The third kappa shape index (κ3) is 3.59. The first kappa shape index (κ1) is 12.1. The molecule has 0 aliphatic rings. The van der Waals surface area contributed by atoms with Crippen LogP contribution < -0.4 is 5.73 Å². The molecule has 18 heavy (non-hydrogen) atoms. The van der Waals surface area contributed by atoms with Crippen molar-refractivity contribution in [3.63, 3.8) is 0 Å². The first-order valence-electron chi connectivity index (χ1n) is 5.63. The fourth-order valence-electron chi connectivity index (χ4n) is 1.50. The van der Waals surface area contributed by atoms with Crippen molar-refractivity contribution in [2.24, 2.45) is 0 Å². The smallest absolute Gasteiger partial charge is 0.310 e. The number of ether oxygens (including phenoxy) is 1. The van der Waals surface area contributed by atoms with Crippen LogP contribution in [-0.2, 0) is 22.6 Å². The van der Waals surface area contributed by atoms with E-state index < -0.39 is 0 Å². The number of benzene rings is 1. The highest BCUT2D eigenvalue weighted by atomic mass is 16.5. The standard InChI is InChI=1S/C14H14N2O2/c15-13-3-1-11(2-4-13)9-14(17)18-10-12-5-7-16-8-6-12/h1-8H,9-10,15H2. The average Bonchev–Trinajstić information content (AvgIpc) is 2.40. The van der Waals surface area contributed by atoms with Crippen LogP contribution in [0.3, 0.4) is 0 Å². The van der Waals surface area contributed by atoms with E-state index in [1.165, 1.54) is 0 Å². The van der Waals surface area contributed by atoms with Gasteiger partial charge in [-0.1, -0.05) is 12.1 Å².